The zero-order valence-electron chi connectivity index (χ0n) is 12.7. The normalized spacial score (nSPS) is 10.6. The van der Waals surface area contributed by atoms with Gasteiger partial charge in [0.25, 0.3) is 0 Å². The van der Waals surface area contributed by atoms with Crippen molar-refractivity contribution in [2.45, 2.75) is 0 Å². The van der Waals surface area contributed by atoms with Gasteiger partial charge >= 0.3 is 5.97 Å². The van der Waals surface area contributed by atoms with E-state index in [2.05, 4.69) is 4.74 Å². The molecule has 0 radical (unpaired) electrons. The van der Waals surface area contributed by atoms with Crippen LogP contribution in [0.4, 0.5) is 4.39 Å². The van der Waals surface area contributed by atoms with Crippen LogP contribution >= 0.6 is 0 Å². The number of rotatable bonds is 5. The van der Waals surface area contributed by atoms with Gasteiger partial charge in [-0.25, -0.2) is 9.18 Å². The number of methoxy groups -OCH3 is 2. The van der Waals surface area contributed by atoms with Crippen LogP contribution in [-0.2, 0) is 4.74 Å². The lowest BCUT2D eigenvalue weighted by atomic mass is 10.1. The minimum Gasteiger partial charge on any atom is -0.497 e. The Hall–Kier alpha value is -2.95. The Kier molecular flexibility index (Phi) is 5.25. The number of carbonyl (C=O) groups excluding carboxylic acids is 2. The van der Waals surface area contributed by atoms with E-state index in [4.69, 9.17) is 4.74 Å². The largest absolute Gasteiger partial charge is 0.497 e. The summed E-state index contributed by atoms with van der Waals surface area (Å²) in [4.78, 5) is 23.3. The molecule has 5 heteroatoms. The second-order valence-electron chi connectivity index (χ2n) is 4.66. The van der Waals surface area contributed by atoms with Gasteiger partial charge in [-0.05, 0) is 35.9 Å². The predicted molar refractivity (Wildman–Crippen MR) is 84.1 cm³/mol. The molecule has 2 aromatic carbocycles. The molecule has 118 valence electrons. The van der Waals surface area contributed by atoms with Crippen LogP contribution in [0.15, 0.2) is 48.5 Å². The van der Waals surface area contributed by atoms with Crippen molar-refractivity contribution < 1.29 is 23.5 Å². The first-order chi connectivity index (χ1) is 11.0. The molecule has 0 atom stereocenters. The van der Waals surface area contributed by atoms with Gasteiger partial charge in [-0.15, -0.1) is 0 Å². The van der Waals surface area contributed by atoms with Crippen LogP contribution in [0.1, 0.15) is 26.3 Å². The molecule has 4 nitrogen and oxygen atoms in total. The van der Waals surface area contributed by atoms with E-state index in [-0.39, 0.29) is 5.56 Å². The molecule has 0 aromatic heterocycles. The third kappa shape index (κ3) is 4.03. The monoisotopic (exact) mass is 314 g/mol. The van der Waals surface area contributed by atoms with E-state index in [9.17, 15) is 14.0 Å². The zero-order chi connectivity index (χ0) is 16.8. The molecule has 0 saturated heterocycles. The number of carbonyl (C=O) groups is 2. The van der Waals surface area contributed by atoms with Gasteiger partial charge in [0.1, 0.15) is 11.6 Å². The molecule has 0 amide bonds. The first-order valence-corrected chi connectivity index (χ1v) is 6.79. The van der Waals surface area contributed by atoms with Gasteiger partial charge in [-0.3, -0.25) is 4.79 Å². The molecule has 0 fully saturated rings. The van der Waals surface area contributed by atoms with Gasteiger partial charge in [0.05, 0.1) is 25.3 Å². The lowest BCUT2D eigenvalue weighted by Crippen LogP contribution is -2.00. The number of halogens is 1. The summed E-state index contributed by atoms with van der Waals surface area (Å²) in [5.74, 6) is -1.18. The Morgan fingerprint density at radius 1 is 1.04 bits per heavy atom. The van der Waals surface area contributed by atoms with Crippen LogP contribution in [0.2, 0.25) is 0 Å². The Morgan fingerprint density at radius 3 is 2.30 bits per heavy atom. The molecule has 0 N–H and O–H groups in total. The molecule has 2 aromatic rings. The van der Waals surface area contributed by atoms with E-state index in [0.717, 1.165) is 6.07 Å². The molecule has 2 rings (SSSR count). The highest BCUT2D eigenvalue weighted by Gasteiger charge is 2.10. The topological polar surface area (TPSA) is 52.6 Å². The van der Waals surface area contributed by atoms with Crippen molar-refractivity contribution in [3.63, 3.8) is 0 Å². The van der Waals surface area contributed by atoms with Crippen molar-refractivity contribution in [2.24, 2.45) is 0 Å². The van der Waals surface area contributed by atoms with Crippen LogP contribution < -0.4 is 4.74 Å². The van der Waals surface area contributed by atoms with Crippen molar-refractivity contribution in [1.82, 2.24) is 0 Å². The van der Waals surface area contributed by atoms with E-state index < -0.39 is 17.6 Å². The fourth-order valence-electron chi connectivity index (χ4n) is 1.93. The fraction of sp³-hybridized carbons (Fsp3) is 0.111. The maximum absolute atomic E-state index is 13.8. The number of benzene rings is 2. The van der Waals surface area contributed by atoms with Gasteiger partial charge in [-0.2, -0.15) is 0 Å². The lowest BCUT2D eigenvalue weighted by Gasteiger charge is -2.02. The summed E-state index contributed by atoms with van der Waals surface area (Å²) in [6, 6.07) is 10.6. The quantitative estimate of drug-likeness (QED) is 0.481. The van der Waals surface area contributed by atoms with E-state index in [1.54, 1.807) is 30.3 Å². The average molecular weight is 314 g/mol. The van der Waals surface area contributed by atoms with Crippen molar-refractivity contribution >= 4 is 17.8 Å². The fourth-order valence-corrected chi connectivity index (χ4v) is 1.93. The van der Waals surface area contributed by atoms with Gasteiger partial charge in [0, 0.05) is 6.07 Å². The van der Waals surface area contributed by atoms with Crippen LogP contribution in [-0.4, -0.2) is 26.0 Å². The Morgan fingerprint density at radius 2 is 1.74 bits per heavy atom. The van der Waals surface area contributed by atoms with Gasteiger partial charge < -0.3 is 9.47 Å². The predicted octanol–water partition coefficient (Wildman–Crippen LogP) is 3.52. The number of allylic oxidation sites excluding steroid dienone is 1. The van der Waals surface area contributed by atoms with Crippen LogP contribution in [0.3, 0.4) is 0 Å². The van der Waals surface area contributed by atoms with E-state index >= 15 is 0 Å². The number of ketones is 1. The molecule has 0 heterocycles. The maximum Gasteiger partial charge on any atom is 0.337 e. The molecule has 0 unspecified atom stereocenters. The standard InChI is InChI=1S/C18H15FO4/c1-22-14-8-9-15(16(19)11-14)17(20)10-5-12-3-6-13(7-4-12)18(21)23-2/h3-11H,1-2H3. The third-order valence-corrected chi connectivity index (χ3v) is 3.20. The van der Waals surface area contributed by atoms with E-state index in [1.807, 2.05) is 0 Å². The van der Waals surface area contributed by atoms with Gasteiger partial charge in [-0.1, -0.05) is 18.2 Å². The summed E-state index contributed by atoms with van der Waals surface area (Å²) < 4.78 is 23.3. The zero-order valence-corrected chi connectivity index (χ0v) is 12.7. The number of ether oxygens (including phenoxy) is 2. The lowest BCUT2D eigenvalue weighted by molar-refractivity contribution is 0.0600. The maximum atomic E-state index is 13.8. The van der Waals surface area contributed by atoms with E-state index in [1.165, 1.54) is 32.4 Å². The summed E-state index contributed by atoms with van der Waals surface area (Å²) in [7, 11) is 2.73. The Labute approximate surface area is 133 Å². The highest BCUT2D eigenvalue weighted by atomic mass is 19.1. The minimum absolute atomic E-state index is 0.0340. The second kappa shape index (κ2) is 7.35. The van der Waals surface area contributed by atoms with Crippen molar-refractivity contribution in [1.29, 1.82) is 0 Å². The minimum atomic E-state index is -0.639. The summed E-state index contributed by atoms with van der Waals surface area (Å²) in [5, 5.41) is 0. The van der Waals surface area contributed by atoms with Gasteiger partial charge in [0.2, 0.25) is 0 Å². The van der Waals surface area contributed by atoms with Crippen LogP contribution in [0.25, 0.3) is 6.08 Å². The highest BCUT2D eigenvalue weighted by Crippen LogP contribution is 2.17. The Balaban J connectivity index is 2.13. The summed E-state index contributed by atoms with van der Waals surface area (Å²) in [5.41, 5.74) is 1.09. The van der Waals surface area contributed by atoms with Crippen LogP contribution in [0.5, 0.6) is 5.75 Å². The third-order valence-electron chi connectivity index (χ3n) is 3.20. The van der Waals surface area contributed by atoms with Gasteiger partial charge in [0.15, 0.2) is 5.78 Å². The SMILES string of the molecule is COC(=O)c1ccc(C=CC(=O)c2ccc(OC)cc2F)cc1. The smallest absolute Gasteiger partial charge is 0.337 e. The highest BCUT2D eigenvalue weighted by molar-refractivity contribution is 6.07. The summed E-state index contributed by atoms with van der Waals surface area (Å²) >= 11 is 0. The van der Waals surface area contributed by atoms with Crippen molar-refractivity contribution in [2.75, 3.05) is 14.2 Å². The number of hydrogen-bond acceptors (Lipinski definition) is 4. The molecular formula is C18H15FO4. The first-order valence-electron chi connectivity index (χ1n) is 6.79. The molecule has 23 heavy (non-hydrogen) atoms. The molecule has 0 aliphatic heterocycles. The molecule has 0 aliphatic rings. The molecule has 0 spiro atoms. The Bertz CT molecular complexity index is 748. The number of hydrogen-bond donors (Lipinski definition) is 0. The van der Waals surface area contributed by atoms with Crippen molar-refractivity contribution in [3.05, 3.63) is 71.0 Å². The molecular weight excluding hydrogens is 299 g/mol. The summed E-state index contributed by atoms with van der Waals surface area (Å²) in [6.45, 7) is 0. The van der Waals surface area contributed by atoms with Crippen LogP contribution in [0, 0.1) is 5.82 Å². The summed E-state index contributed by atoms with van der Waals surface area (Å²) in [6.07, 6.45) is 2.82. The molecule has 0 aliphatic carbocycles. The van der Waals surface area contributed by atoms with E-state index in [0.29, 0.717) is 16.9 Å². The molecule has 0 saturated carbocycles. The molecule has 0 bridgehead atoms. The second-order valence-corrected chi connectivity index (χ2v) is 4.66. The first kappa shape index (κ1) is 16.4. The number of esters is 1. The average Bonchev–Trinajstić information content (AvgIpc) is 2.59. The van der Waals surface area contributed by atoms with Crippen molar-refractivity contribution in [3.8, 4) is 5.75 Å².